The van der Waals surface area contributed by atoms with E-state index < -0.39 is 5.60 Å². The minimum Gasteiger partial charge on any atom is -0.486 e. The highest BCUT2D eigenvalue weighted by molar-refractivity contribution is 5.95. The van der Waals surface area contributed by atoms with Gasteiger partial charge in [-0.25, -0.2) is 0 Å². The van der Waals surface area contributed by atoms with Crippen molar-refractivity contribution in [3.63, 3.8) is 0 Å². The van der Waals surface area contributed by atoms with Gasteiger partial charge < -0.3 is 19.5 Å². The maximum absolute atomic E-state index is 12.3. The lowest BCUT2D eigenvalue weighted by Crippen LogP contribution is -2.63. The molecule has 2 aliphatic heterocycles. The van der Waals surface area contributed by atoms with E-state index in [2.05, 4.69) is 0 Å². The average molecular weight is 277 g/mol. The molecule has 0 saturated carbocycles. The fourth-order valence-corrected chi connectivity index (χ4v) is 2.79. The van der Waals surface area contributed by atoms with Crippen molar-refractivity contribution in [1.82, 2.24) is 4.90 Å². The SMILES string of the molecule is CCCC1(O)CN(C(=O)c2ccc3c(c2)OCCO3)C1. The van der Waals surface area contributed by atoms with Gasteiger partial charge in [-0.1, -0.05) is 13.3 Å². The number of β-amino-alcohol motifs (C(OH)–C–C–N with tert-alkyl or cyclic N) is 1. The molecule has 108 valence electrons. The Morgan fingerprint density at radius 1 is 1.30 bits per heavy atom. The average Bonchev–Trinajstić information content (AvgIpc) is 2.43. The van der Waals surface area contributed by atoms with Crippen molar-refractivity contribution in [1.29, 1.82) is 0 Å². The van der Waals surface area contributed by atoms with E-state index in [1.165, 1.54) is 0 Å². The molecule has 0 aromatic heterocycles. The number of carbonyl (C=O) groups excluding carboxylic acids is 1. The first-order valence-electron chi connectivity index (χ1n) is 7.03. The number of amides is 1. The summed E-state index contributed by atoms with van der Waals surface area (Å²) in [7, 11) is 0. The van der Waals surface area contributed by atoms with Gasteiger partial charge in [0.2, 0.25) is 0 Å². The van der Waals surface area contributed by atoms with Gasteiger partial charge in [-0.3, -0.25) is 4.79 Å². The molecule has 20 heavy (non-hydrogen) atoms. The van der Waals surface area contributed by atoms with Gasteiger partial charge in [0.05, 0.1) is 18.7 Å². The molecule has 1 amide bonds. The molecule has 5 heteroatoms. The van der Waals surface area contributed by atoms with E-state index in [1.54, 1.807) is 23.1 Å². The largest absolute Gasteiger partial charge is 0.486 e. The van der Waals surface area contributed by atoms with Gasteiger partial charge in [-0.05, 0) is 24.6 Å². The number of carbonyl (C=O) groups is 1. The number of likely N-dealkylation sites (tertiary alicyclic amines) is 1. The molecule has 1 fully saturated rings. The monoisotopic (exact) mass is 277 g/mol. The number of fused-ring (bicyclic) bond motifs is 1. The molecule has 0 atom stereocenters. The number of rotatable bonds is 3. The van der Waals surface area contributed by atoms with Crippen LogP contribution in [0, 0.1) is 0 Å². The zero-order valence-corrected chi connectivity index (χ0v) is 11.6. The summed E-state index contributed by atoms with van der Waals surface area (Å²) in [5.41, 5.74) is -0.120. The van der Waals surface area contributed by atoms with Crippen LogP contribution in [0.15, 0.2) is 18.2 Å². The highest BCUT2D eigenvalue weighted by Gasteiger charge is 2.42. The second-order valence-corrected chi connectivity index (χ2v) is 5.49. The fraction of sp³-hybridized carbons (Fsp3) is 0.533. The molecule has 5 nitrogen and oxygen atoms in total. The molecule has 2 heterocycles. The molecule has 0 aliphatic carbocycles. The molecule has 1 saturated heterocycles. The zero-order chi connectivity index (χ0) is 14.2. The predicted molar refractivity (Wildman–Crippen MR) is 73.2 cm³/mol. The molecule has 3 rings (SSSR count). The van der Waals surface area contributed by atoms with Gasteiger partial charge in [-0.15, -0.1) is 0 Å². The van der Waals surface area contributed by atoms with Crippen molar-refractivity contribution in [2.75, 3.05) is 26.3 Å². The molecule has 1 aromatic carbocycles. The van der Waals surface area contributed by atoms with Gasteiger partial charge in [-0.2, -0.15) is 0 Å². The second-order valence-electron chi connectivity index (χ2n) is 5.49. The minimum atomic E-state index is -0.696. The highest BCUT2D eigenvalue weighted by atomic mass is 16.6. The number of nitrogens with zero attached hydrogens (tertiary/aromatic N) is 1. The van der Waals surface area contributed by atoms with Crippen LogP contribution in [0.5, 0.6) is 11.5 Å². The van der Waals surface area contributed by atoms with Crippen LogP contribution in [0.1, 0.15) is 30.1 Å². The van der Waals surface area contributed by atoms with E-state index in [9.17, 15) is 9.90 Å². The Labute approximate surface area is 118 Å². The zero-order valence-electron chi connectivity index (χ0n) is 11.6. The molecular formula is C15H19NO4. The van der Waals surface area contributed by atoms with Gasteiger partial charge in [0, 0.05) is 5.56 Å². The number of aliphatic hydroxyl groups is 1. The molecule has 0 unspecified atom stereocenters. The van der Waals surface area contributed by atoms with Crippen molar-refractivity contribution < 1.29 is 19.4 Å². The van der Waals surface area contributed by atoms with E-state index in [0.717, 1.165) is 12.8 Å². The number of hydrogen-bond donors (Lipinski definition) is 1. The van der Waals surface area contributed by atoms with Crippen molar-refractivity contribution in [3.8, 4) is 11.5 Å². The van der Waals surface area contributed by atoms with E-state index >= 15 is 0 Å². The molecule has 0 bridgehead atoms. The number of ether oxygens (including phenoxy) is 2. The van der Waals surface area contributed by atoms with Crippen LogP contribution < -0.4 is 9.47 Å². The first-order chi connectivity index (χ1) is 9.61. The smallest absolute Gasteiger partial charge is 0.254 e. The lowest BCUT2D eigenvalue weighted by Gasteiger charge is -2.46. The highest BCUT2D eigenvalue weighted by Crippen LogP contribution is 2.33. The Balaban J connectivity index is 1.70. The normalized spacial score (nSPS) is 19.4. The van der Waals surface area contributed by atoms with E-state index in [0.29, 0.717) is 43.4 Å². The van der Waals surface area contributed by atoms with Crippen LogP contribution in [0.3, 0.4) is 0 Å². The molecule has 1 N–H and O–H groups in total. The molecule has 1 aromatic rings. The van der Waals surface area contributed by atoms with Crippen molar-refractivity contribution in [2.24, 2.45) is 0 Å². The van der Waals surface area contributed by atoms with Gasteiger partial charge in [0.15, 0.2) is 11.5 Å². The summed E-state index contributed by atoms with van der Waals surface area (Å²) in [6, 6.07) is 5.22. The van der Waals surface area contributed by atoms with Crippen LogP contribution in [0.2, 0.25) is 0 Å². The topological polar surface area (TPSA) is 59.0 Å². The Morgan fingerprint density at radius 2 is 2.00 bits per heavy atom. The lowest BCUT2D eigenvalue weighted by atomic mass is 9.89. The third kappa shape index (κ3) is 2.33. The maximum atomic E-state index is 12.3. The Bertz CT molecular complexity index is 523. The van der Waals surface area contributed by atoms with Gasteiger partial charge >= 0.3 is 0 Å². The van der Waals surface area contributed by atoms with Crippen LogP contribution in [-0.4, -0.2) is 47.8 Å². The summed E-state index contributed by atoms with van der Waals surface area (Å²) >= 11 is 0. The van der Waals surface area contributed by atoms with Crippen LogP contribution in [0.25, 0.3) is 0 Å². The van der Waals surface area contributed by atoms with Gasteiger partial charge in [0.1, 0.15) is 13.2 Å². The lowest BCUT2D eigenvalue weighted by molar-refractivity contribution is -0.0860. The quantitative estimate of drug-likeness (QED) is 0.908. The maximum Gasteiger partial charge on any atom is 0.254 e. The number of benzene rings is 1. The summed E-state index contributed by atoms with van der Waals surface area (Å²) in [5, 5.41) is 10.1. The van der Waals surface area contributed by atoms with Crippen LogP contribution in [-0.2, 0) is 0 Å². The second kappa shape index (κ2) is 4.98. The molecule has 0 radical (unpaired) electrons. The minimum absolute atomic E-state index is 0.0669. The van der Waals surface area contributed by atoms with Crippen molar-refractivity contribution in [3.05, 3.63) is 23.8 Å². The first-order valence-corrected chi connectivity index (χ1v) is 7.03. The Morgan fingerprint density at radius 3 is 2.70 bits per heavy atom. The number of hydrogen-bond acceptors (Lipinski definition) is 4. The summed E-state index contributed by atoms with van der Waals surface area (Å²) in [6.07, 6.45) is 1.65. The summed E-state index contributed by atoms with van der Waals surface area (Å²) < 4.78 is 10.9. The Kier molecular flexibility index (Phi) is 3.30. The van der Waals surface area contributed by atoms with Crippen molar-refractivity contribution in [2.45, 2.75) is 25.4 Å². The fourth-order valence-electron chi connectivity index (χ4n) is 2.79. The summed E-state index contributed by atoms with van der Waals surface area (Å²) in [4.78, 5) is 14.0. The third-order valence-electron chi connectivity index (χ3n) is 3.76. The predicted octanol–water partition coefficient (Wildman–Crippen LogP) is 1.44. The van der Waals surface area contributed by atoms with E-state index in [-0.39, 0.29) is 5.91 Å². The summed E-state index contributed by atoms with van der Waals surface area (Å²) in [6.45, 7) is 3.90. The summed E-state index contributed by atoms with van der Waals surface area (Å²) in [5.74, 6) is 1.23. The van der Waals surface area contributed by atoms with E-state index in [4.69, 9.17) is 9.47 Å². The van der Waals surface area contributed by atoms with Gasteiger partial charge in [0.25, 0.3) is 5.91 Å². The third-order valence-corrected chi connectivity index (χ3v) is 3.76. The molecule has 2 aliphatic rings. The Hall–Kier alpha value is -1.75. The van der Waals surface area contributed by atoms with Crippen LogP contribution >= 0.6 is 0 Å². The molecule has 0 spiro atoms. The van der Waals surface area contributed by atoms with E-state index in [1.807, 2.05) is 6.92 Å². The first kappa shape index (κ1) is 13.2. The standard InChI is InChI=1S/C15H19NO4/c1-2-5-15(18)9-16(10-15)14(17)11-3-4-12-13(8-11)20-7-6-19-12/h3-4,8,18H,2,5-7,9-10H2,1H3. The van der Waals surface area contributed by atoms with Crippen LogP contribution in [0.4, 0.5) is 0 Å². The van der Waals surface area contributed by atoms with Crippen molar-refractivity contribution >= 4 is 5.91 Å². The molecular weight excluding hydrogens is 258 g/mol.